The summed E-state index contributed by atoms with van der Waals surface area (Å²) in [7, 11) is 2.97. The minimum Gasteiger partial charge on any atom is -0.493 e. The highest BCUT2D eigenvalue weighted by Gasteiger charge is 2.36. The van der Waals surface area contributed by atoms with Crippen LogP contribution in [0.5, 0.6) is 11.5 Å². The molecule has 0 fully saturated rings. The van der Waals surface area contributed by atoms with Crippen molar-refractivity contribution < 1.29 is 22.6 Å². The maximum absolute atomic E-state index is 13.1. The van der Waals surface area contributed by atoms with E-state index < -0.39 is 11.9 Å². The Bertz CT molecular complexity index is 818. The van der Waals surface area contributed by atoms with Gasteiger partial charge in [-0.3, -0.25) is 4.68 Å². The molecule has 0 atom stereocenters. The number of rotatable bonds is 7. The summed E-state index contributed by atoms with van der Waals surface area (Å²) in [5.41, 5.74) is -0.281. The van der Waals surface area contributed by atoms with Crippen LogP contribution in [0.3, 0.4) is 0 Å². The number of aliphatic imine (C=N–C) groups is 1. The van der Waals surface area contributed by atoms with Gasteiger partial charge in [-0.15, -0.1) is 0 Å². The molecule has 1 heterocycles. The predicted octanol–water partition coefficient (Wildman–Crippen LogP) is 3.42. The maximum atomic E-state index is 13.1. The van der Waals surface area contributed by atoms with Crippen molar-refractivity contribution in [2.24, 2.45) is 12.0 Å². The van der Waals surface area contributed by atoms with Crippen LogP contribution in [0.15, 0.2) is 29.4 Å². The number of halogens is 3. The lowest BCUT2D eigenvalue weighted by Crippen LogP contribution is -2.30. The number of nitrogens with zero attached hydrogens (tertiary/aromatic N) is 3. The average Bonchev–Trinajstić information content (AvgIpc) is 3.02. The topological polar surface area (TPSA) is 72.7 Å². The van der Waals surface area contributed by atoms with Crippen molar-refractivity contribution in [2.45, 2.75) is 26.6 Å². The van der Waals surface area contributed by atoms with E-state index in [-0.39, 0.29) is 12.1 Å². The molecule has 0 bridgehead atoms. The number of benzene rings is 1. The normalized spacial score (nSPS) is 12.0. The summed E-state index contributed by atoms with van der Waals surface area (Å²) < 4.78 is 51.2. The number of hydrogen-bond donors (Lipinski definition) is 2. The number of ether oxygens (including phenoxy) is 2. The van der Waals surface area contributed by atoms with Gasteiger partial charge in [0.2, 0.25) is 0 Å². The number of guanidine groups is 1. The minimum absolute atomic E-state index is 0.00326. The van der Waals surface area contributed by atoms with Gasteiger partial charge in [-0.05, 0) is 26.0 Å². The summed E-state index contributed by atoms with van der Waals surface area (Å²) in [6, 6.07) is 5.24. The molecule has 0 aliphatic rings. The molecule has 0 saturated carbocycles. The zero-order chi connectivity index (χ0) is 20.7. The van der Waals surface area contributed by atoms with Crippen LogP contribution >= 0.6 is 0 Å². The SMILES string of the molecule is CCNC(=NCc1cn(C)nc1C(F)(F)F)Nc1ccc(OCC)c(OC)c1. The quantitative estimate of drug-likeness (QED) is 0.551. The molecular formula is C18H24F3N5O2. The van der Waals surface area contributed by atoms with Gasteiger partial charge in [0.25, 0.3) is 0 Å². The van der Waals surface area contributed by atoms with Crippen molar-refractivity contribution in [1.82, 2.24) is 15.1 Å². The third-order valence-corrected chi connectivity index (χ3v) is 3.65. The molecule has 0 radical (unpaired) electrons. The maximum Gasteiger partial charge on any atom is 0.435 e. The zero-order valence-corrected chi connectivity index (χ0v) is 16.2. The summed E-state index contributed by atoms with van der Waals surface area (Å²) in [5, 5.41) is 9.55. The first-order valence-electron chi connectivity index (χ1n) is 8.74. The van der Waals surface area contributed by atoms with Crippen molar-refractivity contribution in [1.29, 1.82) is 0 Å². The van der Waals surface area contributed by atoms with Gasteiger partial charge in [0, 0.05) is 37.1 Å². The minimum atomic E-state index is -4.53. The van der Waals surface area contributed by atoms with Crippen molar-refractivity contribution in [3.63, 3.8) is 0 Å². The molecule has 10 heteroatoms. The Morgan fingerprint density at radius 2 is 2.00 bits per heavy atom. The lowest BCUT2D eigenvalue weighted by molar-refractivity contribution is -0.142. The molecular weight excluding hydrogens is 375 g/mol. The second kappa shape index (κ2) is 9.34. The van der Waals surface area contributed by atoms with Gasteiger partial charge in [-0.1, -0.05) is 0 Å². The monoisotopic (exact) mass is 399 g/mol. The standard InChI is InChI=1S/C18H24F3N5O2/c1-5-22-17(23-10-12-11-26(3)25-16(12)18(19,20)21)24-13-7-8-14(28-6-2)15(9-13)27-4/h7-9,11H,5-6,10H2,1-4H3,(H2,22,23,24). The molecule has 0 aliphatic carbocycles. The van der Waals surface area contributed by atoms with Gasteiger partial charge in [-0.25, -0.2) is 4.99 Å². The van der Waals surface area contributed by atoms with E-state index in [9.17, 15) is 13.2 Å². The largest absolute Gasteiger partial charge is 0.493 e. The molecule has 1 aromatic heterocycles. The summed E-state index contributed by atoms with van der Waals surface area (Å²) in [5.74, 6) is 1.47. The van der Waals surface area contributed by atoms with Gasteiger partial charge in [0.1, 0.15) is 0 Å². The van der Waals surface area contributed by atoms with Crippen molar-refractivity contribution >= 4 is 11.6 Å². The van der Waals surface area contributed by atoms with Gasteiger partial charge in [0.05, 0.1) is 20.3 Å². The van der Waals surface area contributed by atoms with E-state index in [0.717, 1.165) is 4.68 Å². The van der Waals surface area contributed by atoms with Crippen LogP contribution in [0.4, 0.5) is 18.9 Å². The zero-order valence-electron chi connectivity index (χ0n) is 16.2. The number of methoxy groups -OCH3 is 1. The number of anilines is 1. The Balaban J connectivity index is 2.22. The van der Waals surface area contributed by atoms with Crippen LogP contribution in [0.1, 0.15) is 25.1 Å². The lowest BCUT2D eigenvalue weighted by Gasteiger charge is -2.14. The van der Waals surface area contributed by atoms with Gasteiger partial charge in [-0.2, -0.15) is 18.3 Å². The first-order chi connectivity index (χ1) is 13.3. The number of aromatic nitrogens is 2. The molecule has 7 nitrogen and oxygen atoms in total. The van der Waals surface area contributed by atoms with Crippen LogP contribution in [-0.2, 0) is 19.8 Å². The van der Waals surface area contributed by atoms with E-state index in [1.165, 1.54) is 20.4 Å². The third-order valence-electron chi connectivity index (χ3n) is 3.65. The molecule has 0 unspecified atom stereocenters. The second-order valence-corrected chi connectivity index (χ2v) is 5.79. The average molecular weight is 399 g/mol. The van der Waals surface area contributed by atoms with E-state index in [4.69, 9.17) is 9.47 Å². The molecule has 154 valence electrons. The summed E-state index contributed by atoms with van der Waals surface area (Å²) in [6.07, 6.45) is -3.21. The Morgan fingerprint density at radius 3 is 2.61 bits per heavy atom. The van der Waals surface area contributed by atoms with E-state index in [1.54, 1.807) is 18.2 Å². The second-order valence-electron chi connectivity index (χ2n) is 5.79. The lowest BCUT2D eigenvalue weighted by atomic mass is 10.2. The van der Waals surface area contributed by atoms with Crippen LogP contribution in [-0.4, -0.2) is 36.0 Å². The van der Waals surface area contributed by atoms with Crippen LogP contribution in [0.25, 0.3) is 0 Å². The summed E-state index contributed by atoms with van der Waals surface area (Å²) in [4.78, 5) is 4.25. The van der Waals surface area contributed by atoms with E-state index in [2.05, 4.69) is 20.7 Å². The predicted molar refractivity (Wildman–Crippen MR) is 101 cm³/mol. The highest BCUT2D eigenvalue weighted by Crippen LogP contribution is 2.31. The van der Waals surface area contributed by atoms with Crippen LogP contribution < -0.4 is 20.1 Å². The van der Waals surface area contributed by atoms with Crippen LogP contribution in [0, 0.1) is 0 Å². The summed E-state index contributed by atoms with van der Waals surface area (Å²) in [6.45, 7) is 4.60. The molecule has 2 aromatic rings. The Labute approximate surface area is 161 Å². The molecule has 28 heavy (non-hydrogen) atoms. The van der Waals surface area contributed by atoms with Crippen molar-refractivity contribution in [3.8, 4) is 11.5 Å². The molecule has 1 aromatic carbocycles. The highest BCUT2D eigenvalue weighted by atomic mass is 19.4. The van der Waals surface area contributed by atoms with E-state index in [0.29, 0.717) is 36.3 Å². The number of hydrogen-bond acceptors (Lipinski definition) is 4. The smallest absolute Gasteiger partial charge is 0.435 e. The first-order valence-corrected chi connectivity index (χ1v) is 8.74. The molecule has 2 rings (SSSR count). The van der Waals surface area contributed by atoms with Crippen LogP contribution in [0.2, 0.25) is 0 Å². The highest BCUT2D eigenvalue weighted by molar-refractivity contribution is 5.93. The Kier molecular flexibility index (Phi) is 7.13. The number of aryl methyl sites for hydroxylation is 1. The van der Waals surface area contributed by atoms with E-state index >= 15 is 0 Å². The first kappa shape index (κ1) is 21.4. The molecule has 0 aliphatic heterocycles. The third kappa shape index (κ3) is 5.54. The van der Waals surface area contributed by atoms with Gasteiger partial charge < -0.3 is 20.1 Å². The van der Waals surface area contributed by atoms with Crippen molar-refractivity contribution in [3.05, 3.63) is 35.7 Å². The molecule has 0 saturated heterocycles. The van der Waals surface area contributed by atoms with Gasteiger partial charge in [0.15, 0.2) is 23.2 Å². The number of alkyl halides is 3. The van der Waals surface area contributed by atoms with Crippen molar-refractivity contribution in [2.75, 3.05) is 25.6 Å². The Morgan fingerprint density at radius 1 is 1.25 bits per heavy atom. The number of nitrogens with one attached hydrogen (secondary N) is 2. The molecule has 0 amide bonds. The molecule has 0 spiro atoms. The fraction of sp³-hybridized carbons (Fsp3) is 0.444. The van der Waals surface area contributed by atoms with E-state index in [1.807, 2.05) is 13.8 Å². The molecule has 2 N–H and O–H groups in total. The fourth-order valence-electron chi connectivity index (χ4n) is 2.52. The Hall–Kier alpha value is -2.91. The fourth-order valence-corrected chi connectivity index (χ4v) is 2.52. The summed E-state index contributed by atoms with van der Waals surface area (Å²) >= 11 is 0. The van der Waals surface area contributed by atoms with Gasteiger partial charge >= 0.3 is 6.18 Å².